The first-order valence-electron chi connectivity index (χ1n) is 6.29. The van der Waals surface area contributed by atoms with E-state index >= 15 is 0 Å². The molecule has 0 aromatic rings. The van der Waals surface area contributed by atoms with E-state index in [1.54, 1.807) is 6.92 Å². The molecule has 1 aliphatic heterocycles. The maximum atomic E-state index is 10.6. The number of piperidine rings is 1. The summed E-state index contributed by atoms with van der Waals surface area (Å²) in [4.78, 5) is 13.1. The van der Waals surface area contributed by atoms with Crippen molar-refractivity contribution in [3.63, 3.8) is 0 Å². The van der Waals surface area contributed by atoms with Crippen LogP contribution in [0.2, 0.25) is 0 Å². The summed E-state index contributed by atoms with van der Waals surface area (Å²) in [5.74, 6) is -0.271. The molecule has 0 aromatic carbocycles. The molecule has 1 unspecified atom stereocenters. The molecular formula is C12H24N2O2. The molecule has 0 amide bonds. The number of aliphatic carboxylic acids is 1. The molecule has 0 aromatic heterocycles. The van der Waals surface area contributed by atoms with Crippen molar-refractivity contribution in [1.29, 1.82) is 0 Å². The molecule has 0 spiro atoms. The first kappa shape index (κ1) is 13.5. The molecule has 0 aliphatic carbocycles. The van der Waals surface area contributed by atoms with Gasteiger partial charge in [0.25, 0.3) is 0 Å². The fourth-order valence-corrected chi connectivity index (χ4v) is 2.10. The van der Waals surface area contributed by atoms with Crippen molar-refractivity contribution in [1.82, 2.24) is 10.2 Å². The number of nitrogens with zero attached hydrogens (tertiary/aromatic N) is 1. The lowest BCUT2D eigenvalue weighted by molar-refractivity contribution is -0.140. The zero-order valence-electron chi connectivity index (χ0n) is 10.4. The Morgan fingerprint density at radius 3 is 2.62 bits per heavy atom. The maximum absolute atomic E-state index is 10.6. The van der Waals surface area contributed by atoms with Crippen LogP contribution in [0, 0.1) is 11.8 Å². The second-order valence-electron chi connectivity index (χ2n) is 4.78. The first-order valence-corrected chi connectivity index (χ1v) is 6.29. The van der Waals surface area contributed by atoms with Crippen LogP contribution >= 0.6 is 0 Å². The zero-order valence-corrected chi connectivity index (χ0v) is 10.4. The van der Waals surface area contributed by atoms with E-state index in [-0.39, 0.29) is 5.92 Å². The Kier molecular flexibility index (Phi) is 5.77. The second kappa shape index (κ2) is 6.86. The average molecular weight is 228 g/mol. The Bertz CT molecular complexity index is 213. The van der Waals surface area contributed by atoms with E-state index in [9.17, 15) is 4.79 Å². The van der Waals surface area contributed by atoms with Crippen LogP contribution in [0.1, 0.15) is 26.7 Å². The summed E-state index contributed by atoms with van der Waals surface area (Å²) in [7, 11) is 0. The summed E-state index contributed by atoms with van der Waals surface area (Å²) < 4.78 is 0. The lowest BCUT2D eigenvalue weighted by atomic mass is 9.96. The van der Waals surface area contributed by atoms with Crippen molar-refractivity contribution in [2.24, 2.45) is 11.8 Å². The van der Waals surface area contributed by atoms with Gasteiger partial charge in [-0.25, -0.2) is 0 Å². The van der Waals surface area contributed by atoms with Crippen molar-refractivity contribution in [2.75, 3.05) is 32.7 Å². The summed E-state index contributed by atoms with van der Waals surface area (Å²) in [6.45, 7) is 9.03. The highest BCUT2D eigenvalue weighted by atomic mass is 16.4. The minimum Gasteiger partial charge on any atom is -0.481 e. The number of rotatable bonds is 6. The van der Waals surface area contributed by atoms with Crippen LogP contribution in [-0.4, -0.2) is 48.7 Å². The Morgan fingerprint density at radius 1 is 1.50 bits per heavy atom. The maximum Gasteiger partial charge on any atom is 0.307 e. The van der Waals surface area contributed by atoms with Crippen LogP contribution in [0.5, 0.6) is 0 Å². The zero-order chi connectivity index (χ0) is 12.0. The van der Waals surface area contributed by atoms with E-state index in [0.29, 0.717) is 6.54 Å². The average Bonchev–Trinajstić information content (AvgIpc) is 2.29. The Balaban J connectivity index is 2.08. The predicted molar refractivity (Wildman–Crippen MR) is 64.5 cm³/mol. The van der Waals surface area contributed by atoms with Crippen LogP contribution in [0.4, 0.5) is 0 Å². The molecule has 0 saturated carbocycles. The largest absolute Gasteiger partial charge is 0.481 e. The quantitative estimate of drug-likeness (QED) is 0.713. The Hall–Kier alpha value is -0.610. The van der Waals surface area contributed by atoms with Gasteiger partial charge in [-0.1, -0.05) is 13.8 Å². The number of hydrogen-bond donors (Lipinski definition) is 2. The number of carboxylic acid groups (broad SMARTS) is 1. The Labute approximate surface area is 98.0 Å². The molecule has 0 radical (unpaired) electrons. The van der Waals surface area contributed by atoms with E-state index in [2.05, 4.69) is 17.1 Å². The highest BCUT2D eigenvalue weighted by Crippen LogP contribution is 2.15. The summed E-state index contributed by atoms with van der Waals surface area (Å²) in [5.41, 5.74) is 0. The molecule has 4 heteroatoms. The summed E-state index contributed by atoms with van der Waals surface area (Å²) in [6, 6.07) is 0. The number of likely N-dealkylation sites (tertiary alicyclic amines) is 1. The van der Waals surface area contributed by atoms with Gasteiger partial charge in [0.15, 0.2) is 0 Å². The third kappa shape index (κ3) is 4.49. The molecule has 1 atom stereocenters. The van der Waals surface area contributed by atoms with Gasteiger partial charge in [0.05, 0.1) is 5.92 Å². The van der Waals surface area contributed by atoms with Gasteiger partial charge in [-0.3, -0.25) is 4.79 Å². The Morgan fingerprint density at radius 2 is 2.12 bits per heavy atom. The van der Waals surface area contributed by atoms with Gasteiger partial charge in [0, 0.05) is 6.54 Å². The molecule has 94 valence electrons. The first-order chi connectivity index (χ1) is 7.63. The fraction of sp³-hybridized carbons (Fsp3) is 0.917. The molecular weight excluding hydrogens is 204 g/mol. The monoisotopic (exact) mass is 228 g/mol. The van der Waals surface area contributed by atoms with Gasteiger partial charge >= 0.3 is 5.97 Å². The van der Waals surface area contributed by atoms with Gasteiger partial charge in [0.1, 0.15) is 0 Å². The van der Waals surface area contributed by atoms with Crippen molar-refractivity contribution >= 4 is 5.97 Å². The van der Waals surface area contributed by atoms with Gasteiger partial charge in [0.2, 0.25) is 0 Å². The van der Waals surface area contributed by atoms with Crippen LogP contribution in [-0.2, 0) is 4.79 Å². The van der Waals surface area contributed by atoms with Gasteiger partial charge in [-0.15, -0.1) is 0 Å². The number of nitrogens with one attached hydrogen (secondary N) is 1. The van der Waals surface area contributed by atoms with E-state index in [0.717, 1.165) is 19.0 Å². The lowest BCUT2D eigenvalue weighted by Crippen LogP contribution is -2.38. The van der Waals surface area contributed by atoms with E-state index < -0.39 is 5.97 Å². The third-order valence-corrected chi connectivity index (χ3v) is 3.46. The second-order valence-corrected chi connectivity index (χ2v) is 4.78. The molecule has 1 fully saturated rings. The third-order valence-electron chi connectivity index (χ3n) is 3.46. The molecule has 4 nitrogen and oxygen atoms in total. The standard InChI is InChI=1S/C12H24N2O2/c1-3-14-6-4-11(5-7-14)9-13-8-10(2)12(15)16/h10-11,13H,3-9H2,1-2H3,(H,15,16). The minimum atomic E-state index is -0.715. The molecule has 2 N–H and O–H groups in total. The molecule has 1 rings (SSSR count). The molecule has 1 heterocycles. The van der Waals surface area contributed by atoms with E-state index in [1.807, 2.05) is 0 Å². The number of hydrogen-bond acceptors (Lipinski definition) is 3. The van der Waals surface area contributed by atoms with Gasteiger partial charge < -0.3 is 15.3 Å². The van der Waals surface area contributed by atoms with Crippen LogP contribution < -0.4 is 5.32 Å². The highest BCUT2D eigenvalue weighted by molar-refractivity contribution is 5.69. The van der Waals surface area contributed by atoms with Crippen molar-refractivity contribution in [3.05, 3.63) is 0 Å². The molecule has 1 aliphatic rings. The van der Waals surface area contributed by atoms with Gasteiger partial charge in [-0.2, -0.15) is 0 Å². The van der Waals surface area contributed by atoms with Crippen molar-refractivity contribution in [2.45, 2.75) is 26.7 Å². The summed E-state index contributed by atoms with van der Waals surface area (Å²) in [6.07, 6.45) is 2.48. The normalized spacial score (nSPS) is 20.9. The predicted octanol–water partition coefficient (Wildman–Crippen LogP) is 1.03. The SMILES string of the molecule is CCN1CCC(CNCC(C)C(=O)O)CC1. The number of carbonyl (C=O) groups is 1. The molecule has 16 heavy (non-hydrogen) atoms. The lowest BCUT2D eigenvalue weighted by Gasteiger charge is -2.31. The van der Waals surface area contributed by atoms with E-state index in [4.69, 9.17) is 5.11 Å². The summed E-state index contributed by atoms with van der Waals surface area (Å²) in [5, 5.41) is 12.0. The minimum absolute atomic E-state index is 0.282. The van der Waals surface area contributed by atoms with Crippen LogP contribution in [0.3, 0.4) is 0 Å². The van der Waals surface area contributed by atoms with Crippen LogP contribution in [0.25, 0.3) is 0 Å². The smallest absolute Gasteiger partial charge is 0.307 e. The van der Waals surface area contributed by atoms with Crippen LogP contribution in [0.15, 0.2) is 0 Å². The summed E-state index contributed by atoms with van der Waals surface area (Å²) >= 11 is 0. The van der Waals surface area contributed by atoms with E-state index in [1.165, 1.54) is 25.9 Å². The fourth-order valence-electron chi connectivity index (χ4n) is 2.10. The van der Waals surface area contributed by atoms with Crippen molar-refractivity contribution in [3.8, 4) is 0 Å². The number of carboxylic acids is 1. The van der Waals surface area contributed by atoms with Gasteiger partial charge in [-0.05, 0) is 44.9 Å². The molecule has 0 bridgehead atoms. The highest BCUT2D eigenvalue weighted by Gasteiger charge is 2.18. The van der Waals surface area contributed by atoms with Crippen molar-refractivity contribution < 1.29 is 9.90 Å². The molecule has 1 saturated heterocycles. The topological polar surface area (TPSA) is 52.6 Å².